The van der Waals surface area contributed by atoms with Gasteiger partial charge in [0.2, 0.25) is 0 Å². The maximum Gasteiger partial charge on any atom is 0.165 e. The fourth-order valence-electron chi connectivity index (χ4n) is 2.69. The first kappa shape index (κ1) is 10.9. The third kappa shape index (κ3) is 2.00. The van der Waals surface area contributed by atoms with Crippen molar-refractivity contribution in [2.75, 3.05) is 6.54 Å². The molecule has 0 bridgehead atoms. The Morgan fingerprint density at radius 1 is 1.27 bits per heavy atom. The van der Waals surface area contributed by atoms with Crippen LogP contribution in [0.2, 0.25) is 0 Å². The topological polar surface area (TPSA) is 43.1 Å². The van der Waals surface area contributed by atoms with Gasteiger partial charge < -0.3 is 5.73 Å². The third-order valence-electron chi connectivity index (χ3n) is 4.02. The van der Waals surface area contributed by atoms with Gasteiger partial charge in [0, 0.05) is 12.0 Å². The zero-order valence-electron chi connectivity index (χ0n) is 9.43. The molecule has 0 atom stereocenters. The van der Waals surface area contributed by atoms with Gasteiger partial charge >= 0.3 is 0 Å². The molecule has 2 nitrogen and oxygen atoms in total. The van der Waals surface area contributed by atoms with E-state index in [4.69, 9.17) is 5.73 Å². The van der Waals surface area contributed by atoms with Gasteiger partial charge in [-0.25, -0.2) is 0 Å². The van der Waals surface area contributed by atoms with Crippen molar-refractivity contribution in [2.45, 2.75) is 51.4 Å². The fourth-order valence-corrected chi connectivity index (χ4v) is 2.69. The van der Waals surface area contributed by atoms with Crippen LogP contribution >= 0.6 is 0 Å². The molecule has 15 heavy (non-hydrogen) atoms. The van der Waals surface area contributed by atoms with E-state index in [1.807, 2.05) is 0 Å². The molecule has 0 aromatic carbocycles. The van der Waals surface area contributed by atoms with Crippen LogP contribution in [0, 0.1) is 5.41 Å². The Labute approximate surface area is 91.9 Å². The van der Waals surface area contributed by atoms with Gasteiger partial charge in [-0.2, -0.15) is 0 Å². The minimum absolute atomic E-state index is 0.157. The van der Waals surface area contributed by atoms with Crippen molar-refractivity contribution >= 4 is 5.78 Å². The van der Waals surface area contributed by atoms with E-state index >= 15 is 0 Å². The van der Waals surface area contributed by atoms with Crippen molar-refractivity contribution in [3.63, 3.8) is 0 Å². The van der Waals surface area contributed by atoms with Crippen LogP contribution in [0.4, 0.5) is 0 Å². The molecule has 1 saturated carbocycles. The maximum atomic E-state index is 12.3. The first-order valence-electron chi connectivity index (χ1n) is 6.22. The number of hydrogen-bond acceptors (Lipinski definition) is 2. The van der Waals surface area contributed by atoms with Gasteiger partial charge in [0.1, 0.15) is 0 Å². The first-order valence-corrected chi connectivity index (χ1v) is 6.22. The maximum absolute atomic E-state index is 12.3. The van der Waals surface area contributed by atoms with Crippen LogP contribution in [0.25, 0.3) is 0 Å². The number of carbonyl (C=O) groups excluding carboxylic acids is 1. The smallest absolute Gasteiger partial charge is 0.165 e. The number of allylic oxidation sites excluding steroid dienone is 2. The lowest BCUT2D eigenvalue weighted by atomic mass is 9.64. The van der Waals surface area contributed by atoms with Crippen molar-refractivity contribution < 1.29 is 4.79 Å². The average Bonchev–Trinajstić information content (AvgIpc) is 2.44. The zero-order valence-corrected chi connectivity index (χ0v) is 9.43. The molecule has 2 rings (SSSR count). The molecule has 2 aliphatic carbocycles. The minimum Gasteiger partial charge on any atom is -0.329 e. The highest BCUT2D eigenvalue weighted by atomic mass is 16.1. The molecule has 0 amide bonds. The van der Waals surface area contributed by atoms with Crippen LogP contribution in [-0.4, -0.2) is 12.3 Å². The summed E-state index contributed by atoms with van der Waals surface area (Å²) < 4.78 is 0. The Hall–Kier alpha value is -0.630. The van der Waals surface area contributed by atoms with Crippen LogP contribution in [0.5, 0.6) is 0 Å². The van der Waals surface area contributed by atoms with Crippen molar-refractivity contribution in [2.24, 2.45) is 11.1 Å². The number of nitrogens with two attached hydrogens (primary N) is 1. The van der Waals surface area contributed by atoms with Crippen LogP contribution in [0.3, 0.4) is 0 Å². The van der Waals surface area contributed by atoms with E-state index in [0.717, 1.165) is 31.3 Å². The molecule has 2 aliphatic rings. The quantitative estimate of drug-likeness (QED) is 0.773. The molecule has 0 spiro atoms. The lowest BCUT2D eigenvalue weighted by Crippen LogP contribution is -2.45. The van der Waals surface area contributed by atoms with Gasteiger partial charge in [-0.3, -0.25) is 4.79 Å². The molecule has 2 N–H and O–H groups in total. The number of hydrogen-bond donors (Lipinski definition) is 1. The Morgan fingerprint density at radius 3 is 2.67 bits per heavy atom. The highest BCUT2D eigenvalue weighted by molar-refractivity contribution is 6.00. The van der Waals surface area contributed by atoms with E-state index in [1.165, 1.54) is 25.7 Å². The molecule has 0 radical (unpaired) electrons. The largest absolute Gasteiger partial charge is 0.329 e. The van der Waals surface area contributed by atoms with E-state index in [9.17, 15) is 4.79 Å². The summed E-state index contributed by atoms with van der Waals surface area (Å²) in [7, 11) is 0. The second-order valence-corrected chi connectivity index (χ2v) is 5.00. The summed E-state index contributed by atoms with van der Waals surface area (Å²) in [6.45, 7) is 0.545. The second kappa shape index (κ2) is 4.48. The molecular formula is C13H21NO. The molecule has 0 aliphatic heterocycles. The minimum atomic E-state index is -0.157. The Kier molecular flexibility index (Phi) is 3.25. The van der Waals surface area contributed by atoms with Crippen molar-refractivity contribution in [3.05, 3.63) is 11.6 Å². The van der Waals surface area contributed by atoms with Gasteiger partial charge in [-0.05, 0) is 44.1 Å². The standard InChI is InChI=1S/C13H21NO/c14-10-13(8-5-9-13)12(15)11-6-3-1-2-4-7-11/h6H,1-5,7-10,14H2. The molecule has 0 aromatic heterocycles. The molecule has 2 heteroatoms. The van der Waals surface area contributed by atoms with E-state index < -0.39 is 0 Å². The average molecular weight is 207 g/mol. The normalized spacial score (nSPS) is 25.0. The highest BCUT2D eigenvalue weighted by Crippen LogP contribution is 2.43. The Morgan fingerprint density at radius 2 is 2.07 bits per heavy atom. The first-order chi connectivity index (χ1) is 7.28. The van der Waals surface area contributed by atoms with E-state index in [1.54, 1.807) is 0 Å². The predicted molar refractivity (Wildman–Crippen MR) is 61.5 cm³/mol. The number of rotatable bonds is 3. The fraction of sp³-hybridized carbons (Fsp3) is 0.769. The van der Waals surface area contributed by atoms with Crippen LogP contribution in [0.15, 0.2) is 11.6 Å². The van der Waals surface area contributed by atoms with Crippen LogP contribution in [0.1, 0.15) is 51.4 Å². The molecule has 0 unspecified atom stereocenters. The van der Waals surface area contributed by atoms with Crippen molar-refractivity contribution in [1.82, 2.24) is 0 Å². The van der Waals surface area contributed by atoms with Crippen LogP contribution < -0.4 is 5.73 Å². The number of ketones is 1. The summed E-state index contributed by atoms with van der Waals surface area (Å²) in [6.07, 6.45) is 11.1. The third-order valence-corrected chi connectivity index (χ3v) is 4.02. The van der Waals surface area contributed by atoms with Crippen molar-refractivity contribution in [1.29, 1.82) is 0 Å². The second-order valence-electron chi connectivity index (χ2n) is 5.00. The van der Waals surface area contributed by atoms with Crippen molar-refractivity contribution in [3.8, 4) is 0 Å². The zero-order chi connectivity index (χ0) is 10.7. The molecule has 1 fully saturated rings. The van der Waals surface area contributed by atoms with Gasteiger partial charge in [0.25, 0.3) is 0 Å². The molecule has 84 valence electrons. The summed E-state index contributed by atoms with van der Waals surface area (Å²) in [5, 5.41) is 0. The van der Waals surface area contributed by atoms with Crippen LogP contribution in [-0.2, 0) is 4.79 Å². The van der Waals surface area contributed by atoms with E-state index in [2.05, 4.69) is 6.08 Å². The van der Waals surface area contributed by atoms with Gasteiger partial charge in [-0.1, -0.05) is 18.9 Å². The Balaban J connectivity index is 2.08. The summed E-state index contributed by atoms with van der Waals surface area (Å²) in [4.78, 5) is 12.3. The SMILES string of the molecule is NCC1(C(=O)C2=CCCCCC2)CCC1. The van der Waals surface area contributed by atoms with Gasteiger partial charge in [0.05, 0.1) is 0 Å². The lowest BCUT2D eigenvalue weighted by molar-refractivity contribution is -0.128. The summed E-state index contributed by atoms with van der Waals surface area (Å²) in [5.41, 5.74) is 6.69. The molecule has 0 heterocycles. The molecule has 0 saturated heterocycles. The highest BCUT2D eigenvalue weighted by Gasteiger charge is 2.43. The summed E-state index contributed by atoms with van der Waals surface area (Å²) in [5.74, 6) is 0.373. The molecule has 0 aromatic rings. The lowest BCUT2D eigenvalue weighted by Gasteiger charge is -2.39. The predicted octanol–water partition coefficient (Wildman–Crippen LogP) is 2.58. The van der Waals surface area contributed by atoms with E-state index in [0.29, 0.717) is 12.3 Å². The number of Topliss-reactive ketones (excluding diaryl/α,β-unsaturated/α-hetero) is 1. The van der Waals surface area contributed by atoms with Gasteiger partial charge in [0.15, 0.2) is 5.78 Å². The Bertz CT molecular complexity index is 271. The summed E-state index contributed by atoms with van der Waals surface area (Å²) in [6, 6.07) is 0. The van der Waals surface area contributed by atoms with Gasteiger partial charge in [-0.15, -0.1) is 0 Å². The summed E-state index contributed by atoms with van der Waals surface area (Å²) >= 11 is 0. The van der Waals surface area contributed by atoms with E-state index in [-0.39, 0.29) is 5.41 Å². The molecular weight excluding hydrogens is 186 g/mol. The monoisotopic (exact) mass is 207 g/mol. The number of carbonyl (C=O) groups is 1.